The van der Waals surface area contributed by atoms with Crippen molar-refractivity contribution in [2.45, 2.75) is 52.4 Å². The molecule has 0 atom stereocenters. The Morgan fingerprint density at radius 2 is 0.800 bits per heavy atom. The third-order valence-electron chi connectivity index (χ3n) is 7.55. The molecule has 0 N–H and O–H groups in total. The van der Waals surface area contributed by atoms with E-state index >= 15 is 0 Å². The van der Waals surface area contributed by atoms with Crippen LogP contribution in [0.1, 0.15) is 66.4 Å². The zero-order valence-corrected chi connectivity index (χ0v) is 23.5. The summed E-state index contributed by atoms with van der Waals surface area (Å²) in [5.74, 6) is 0. The van der Waals surface area contributed by atoms with E-state index in [0.717, 1.165) is 0 Å². The Morgan fingerprint density at radius 3 is 1.12 bits per heavy atom. The van der Waals surface area contributed by atoms with Crippen LogP contribution in [0, 0.1) is 0 Å². The number of fused-ring (bicyclic) bond motifs is 4. The van der Waals surface area contributed by atoms with Gasteiger partial charge in [-0.05, 0) is 34.0 Å². The van der Waals surface area contributed by atoms with Gasteiger partial charge < -0.3 is 9.13 Å². The molecule has 2 heterocycles. The molecule has 0 bridgehead atoms. The van der Waals surface area contributed by atoms with E-state index in [-0.39, 0.29) is 59.6 Å². The van der Waals surface area contributed by atoms with Gasteiger partial charge in [-0.15, -0.1) is 0 Å². The summed E-state index contributed by atoms with van der Waals surface area (Å²) in [6, 6.07) is 12.5. The van der Waals surface area contributed by atoms with Gasteiger partial charge in [-0.1, -0.05) is 126 Å². The van der Waals surface area contributed by atoms with Crippen molar-refractivity contribution in [3.05, 3.63) is 120 Å². The second kappa shape index (κ2) is 8.60. The average molecular weight is 531 g/mol. The lowest BCUT2D eigenvalue weighted by Crippen LogP contribution is -2.10. The lowest BCUT2D eigenvalue weighted by molar-refractivity contribution is 0.594. The maximum atomic E-state index is 9.63. The Kier molecular flexibility index (Phi) is 3.46. The van der Waals surface area contributed by atoms with Gasteiger partial charge in [-0.3, -0.25) is 0 Å². The van der Waals surface area contributed by atoms with Gasteiger partial charge in [-0.2, -0.15) is 0 Å². The Balaban J connectivity index is 1.78. The van der Waals surface area contributed by atoms with Crippen LogP contribution in [-0.4, -0.2) is 9.13 Å². The smallest absolute Gasteiger partial charge is 0.0826 e. The van der Waals surface area contributed by atoms with Crippen LogP contribution in [0.5, 0.6) is 0 Å². The van der Waals surface area contributed by atoms with Crippen molar-refractivity contribution < 1.29 is 13.7 Å². The number of benzene rings is 5. The number of para-hydroxylation sites is 2. The highest BCUT2D eigenvalue weighted by Gasteiger charge is 2.25. The first-order chi connectivity index (χ1) is 23.3. The molecule has 7 rings (SSSR count). The third-order valence-corrected chi connectivity index (χ3v) is 7.55. The number of hydrogen-bond acceptors (Lipinski definition) is 0. The van der Waals surface area contributed by atoms with Crippen LogP contribution in [0.15, 0.2) is 109 Å². The Labute approximate surface area is 250 Å². The van der Waals surface area contributed by atoms with Gasteiger partial charge in [0.05, 0.1) is 36.1 Å². The molecular weight excluding hydrogens is 484 g/mol. The van der Waals surface area contributed by atoms with Gasteiger partial charge in [0.2, 0.25) is 0 Å². The molecule has 2 aromatic heterocycles. The van der Waals surface area contributed by atoms with E-state index in [1.54, 1.807) is 9.13 Å². The molecule has 0 unspecified atom stereocenters. The second-order valence-electron chi connectivity index (χ2n) is 12.4. The maximum Gasteiger partial charge on any atom is 0.0826 e. The van der Waals surface area contributed by atoms with Gasteiger partial charge in [-0.25, -0.2) is 0 Å². The average Bonchev–Trinajstić information content (AvgIpc) is 3.54. The van der Waals surface area contributed by atoms with Crippen LogP contribution < -0.4 is 0 Å². The molecule has 40 heavy (non-hydrogen) atoms. The summed E-state index contributed by atoms with van der Waals surface area (Å²) in [5.41, 5.74) is 1.16. The fourth-order valence-electron chi connectivity index (χ4n) is 5.74. The highest BCUT2D eigenvalue weighted by molar-refractivity contribution is 6.15. The molecule has 0 saturated carbocycles. The van der Waals surface area contributed by atoms with Crippen LogP contribution in [0.2, 0.25) is 0 Å². The van der Waals surface area contributed by atoms with Crippen molar-refractivity contribution in [2.24, 2.45) is 0 Å². The Morgan fingerprint density at radius 1 is 0.475 bits per heavy atom. The monoisotopic (exact) mass is 530 g/mol. The van der Waals surface area contributed by atoms with E-state index in [9.17, 15) is 2.74 Å². The fraction of sp³-hybridized carbons (Fsp3) is 0.211. The summed E-state index contributed by atoms with van der Waals surface area (Å²) >= 11 is 0. The van der Waals surface area contributed by atoms with E-state index in [0.29, 0.717) is 54.8 Å². The van der Waals surface area contributed by atoms with Crippen molar-refractivity contribution in [2.75, 3.05) is 0 Å². The summed E-state index contributed by atoms with van der Waals surface area (Å²) in [6.45, 7) is 11.5. The quantitative estimate of drug-likeness (QED) is 0.197. The van der Waals surface area contributed by atoms with Crippen LogP contribution in [0.3, 0.4) is 0 Å². The van der Waals surface area contributed by atoms with Crippen molar-refractivity contribution in [1.29, 1.82) is 0 Å². The molecule has 0 saturated heterocycles. The zero-order chi connectivity index (χ0) is 36.5. The second-order valence-corrected chi connectivity index (χ2v) is 12.4. The van der Waals surface area contributed by atoms with Crippen molar-refractivity contribution >= 4 is 43.4 Å². The lowest BCUT2D eigenvalue weighted by Gasteiger charge is -2.20. The molecule has 2 nitrogen and oxygen atoms in total. The molecule has 0 spiro atoms. The minimum Gasteiger partial charge on any atom is -0.315 e. The standard InChI is InChI=1S/C38H36N2/c1-37(2,3)31-23-39(33-21-13-11-19-29(31)33)35-25-15-7-9-17-27(25)36(28-18-10-8-16-26(28)35)40-24-32(38(4,5)6)30-20-12-14-22-34(30)40/h7-24H,1-6H3/i11D,12D,13D,14D,19D,20D,21D,22D,23D,24D. The SMILES string of the molecule is [2H]c1c([2H])c([2H])c2c(c1[2H])c(C(C)(C)C)c([2H])n2-c1c2ccccc2c(-n2c([2H])c(C(C)(C)C)c3c([2H])c([2H])c([2H])c([2H])c32)c2ccccc12. The van der Waals surface area contributed by atoms with E-state index in [4.69, 9.17) is 11.0 Å². The first-order valence-corrected chi connectivity index (χ1v) is 13.5. The zero-order valence-electron chi connectivity index (χ0n) is 33.5. The molecule has 2 heteroatoms. The van der Waals surface area contributed by atoms with Gasteiger partial charge in [0.1, 0.15) is 0 Å². The Bertz CT molecular complexity index is 2380. The summed E-state index contributed by atoms with van der Waals surface area (Å²) in [5, 5.41) is 3.14. The van der Waals surface area contributed by atoms with Gasteiger partial charge >= 0.3 is 0 Å². The normalized spacial score (nSPS) is 16.2. The van der Waals surface area contributed by atoms with E-state index in [1.807, 2.05) is 90.1 Å². The van der Waals surface area contributed by atoms with Crippen molar-refractivity contribution in [3.8, 4) is 11.4 Å². The minimum absolute atomic E-state index is 0.0410. The number of hydrogen-bond donors (Lipinski definition) is 0. The number of aromatic nitrogens is 2. The van der Waals surface area contributed by atoms with Gasteiger partial charge in [0, 0.05) is 44.7 Å². The van der Waals surface area contributed by atoms with Crippen LogP contribution in [0.25, 0.3) is 54.7 Å². The Hall–Kier alpha value is -4.30. The summed E-state index contributed by atoms with van der Waals surface area (Å²) < 4.78 is 92.8. The molecular formula is C38H36N2. The minimum atomic E-state index is -0.652. The highest BCUT2D eigenvalue weighted by Crippen LogP contribution is 2.43. The molecule has 0 aliphatic heterocycles. The van der Waals surface area contributed by atoms with E-state index in [1.165, 1.54) is 0 Å². The lowest BCUT2D eigenvalue weighted by atomic mass is 9.87. The van der Waals surface area contributed by atoms with E-state index < -0.39 is 22.9 Å². The fourth-order valence-corrected chi connectivity index (χ4v) is 5.74. The van der Waals surface area contributed by atoms with E-state index in [2.05, 4.69) is 0 Å². The molecule has 0 aliphatic rings. The van der Waals surface area contributed by atoms with Crippen LogP contribution in [-0.2, 0) is 10.8 Å². The molecule has 5 aromatic carbocycles. The number of nitrogens with zero attached hydrogens (tertiary/aromatic N) is 2. The maximum absolute atomic E-state index is 9.63. The van der Waals surface area contributed by atoms with Crippen LogP contribution in [0.4, 0.5) is 0 Å². The van der Waals surface area contributed by atoms with Gasteiger partial charge in [0.15, 0.2) is 0 Å². The third kappa shape index (κ3) is 3.63. The first kappa shape index (κ1) is 16.1. The molecule has 7 aromatic rings. The van der Waals surface area contributed by atoms with Gasteiger partial charge in [0.25, 0.3) is 0 Å². The molecule has 0 fully saturated rings. The summed E-state index contributed by atoms with van der Waals surface area (Å²) in [7, 11) is 0. The van der Waals surface area contributed by atoms with Crippen LogP contribution >= 0.6 is 0 Å². The predicted molar refractivity (Wildman–Crippen MR) is 173 cm³/mol. The molecule has 0 radical (unpaired) electrons. The molecule has 198 valence electrons. The number of rotatable bonds is 2. The van der Waals surface area contributed by atoms with Crippen molar-refractivity contribution in [1.82, 2.24) is 9.13 Å². The van der Waals surface area contributed by atoms with Crippen molar-refractivity contribution in [3.63, 3.8) is 0 Å². The predicted octanol–water partition coefficient (Wildman–Crippen LogP) is 10.5. The topological polar surface area (TPSA) is 9.86 Å². The molecule has 0 aliphatic carbocycles. The summed E-state index contributed by atoms with van der Waals surface area (Å²) in [6.07, 6.45) is 0.0820. The largest absolute Gasteiger partial charge is 0.315 e. The summed E-state index contributed by atoms with van der Waals surface area (Å²) in [4.78, 5) is 0. The first-order valence-electron chi connectivity index (χ1n) is 18.5. The molecule has 0 amide bonds. The highest BCUT2D eigenvalue weighted by atomic mass is 15.0.